The first-order valence-corrected chi connectivity index (χ1v) is 11.4. The minimum Gasteiger partial charge on any atom is -0.497 e. The number of carbonyl (C=O) groups is 2. The third-order valence-corrected chi connectivity index (χ3v) is 6.85. The molecule has 0 saturated carbocycles. The zero-order valence-electron chi connectivity index (χ0n) is 18.6. The van der Waals surface area contributed by atoms with E-state index in [0.29, 0.717) is 40.7 Å². The van der Waals surface area contributed by atoms with Crippen molar-refractivity contribution in [1.29, 1.82) is 0 Å². The number of hydrogen-bond acceptors (Lipinski definition) is 6. The number of amides is 2. The van der Waals surface area contributed by atoms with E-state index in [9.17, 15) is 9.59 Å². The number of nitrogens with zero attached hydrogens (tertiary/aromatic N) is 4. The SMILES string of the molecule is COc1ccc(-c2cc(C(=O)N3CCN4C(=O)c5ccncc5C34c3ccc(Cl)cc3)on2)cc1. The summed E-state index contributed by atoms with van der Waals surface area (Å²) in [6, 6.07) is 17.8. The van der Waals surface area contributed by atoms with Gasteiger partial charge in [0, 0.05) is 53.3 Å². The third kappa shape index (κ3) is 3.06. The van der Waals surface area contributed by atoms with E-state index < -0.39 is 5.66 Å². The van der Waals surface area contributed by atoms with E-state index >= 15 is 0 Å². The van der Waals surface area contributed by atoms with Gasteiger partial charge < -0.3 is 19.1 Å². The molecule has 2 aromatic heterocycles. The molecule has 1 fully saturated rings. The Bertz CT molecular complexity index is 1450. The summed E-state index contributed by atoms with van der Waals surface area (Å²) < 4.78 is 10.7. The van der Waals surface area contributed by atoms with E-state index in [1.807, 2.05) is 36.4 Å². The molecule has 0 aliphatic carbocycles. The van der Waals surface area contributed by atoms with Crippen molar-refractivity contribution in [3.8, 4) is 17.0 Å². The summed E-state index contributed by atoms with van der Waals surface area (Å²) in [7, 11) is 1.60. The molecule has 2 aliphatic rings. The van der Waals surface area contributed by atoms with Crippen LogP contribution < -0.4 is 4.74 Å². The van der Waals surface area contributed by atoms with Crippen molar-refractivity contribution in [3.63, 3.8) is 0 Å². The molecule has 0 N–H and O–H groups in total. The number of hydrogen-bond donors (Lipinski definition) is 0. The number of benzene rings is 2. The third-order valence-electron chi connectivity index (χ3n) is 6.60. The molecule has 174 valence electrons. The van der Waals surface area contributed by atoms with Gasteiger partial charge in [-0.2, -0.15) is 0 Å². The van der Waals surface area contributed by atoms with Gasteiger partial charge in [-0.3, -0.25) is 14.6 Å². The fourth-order valence-electron chi connectivity index (χ4n) is 5.02. The molecule has 35 heavy (non-hydrogen) atoms. The Kier molecular flexibility index (Phi) is 4.86. The van der Waals surface area contributed by atoms with Crippen LogP contribution in [0, 0.1) is 0 Å². The lowest BCUT2D eigenvalue weighted by molar-refractivity contribution is 0.0349. The standard InChI is InChI=1S/C26H19ClN4O4/c1-34-19-8-2-16(3-9-19)22-14-23(35-29-22)25(33)31-13-12-30-24(32)20-10-11-28-15-21(20)26(30,31)17-4-6-18(27)7-5-17/h2-11,14-15H,12-13H2,1H3. The Morgan fingerprint density at radius 1 is 1.09 bits per heavy atom. The van der Waals surface area contributed by atoms with Crippen LogP contribution in [0.2, 0.25) is 5.02 Å². The van der Waals surface area contributed by atoms with E-state index in [-0.39, 0.29) is 17.6 Å². The second-order valence-electron chi connectivity index (χ2n) is 8.32. The Morgan fingerprint density at radius 3 is 2.60 bits per heavy atom. The predicted molar refractivity (Wildman–Crippen MR) is 127 cm³/mol. The van der Waals surface area contributed by atoms with Crippen LogP contribution in [-0.4, -0.2) is 52.0 Å². The van der Waals surface area contributed by atoms with Gasteiger partial charge in [0.1, 0.15) is 11.4 Å². The van der Waals surface area contributed by atoms with Gasteiger partial charge in [-0.05, 0) is 42.5 Å². The normalized spacial score (nSPS) is 18.5. The second kappa shape index (κ2) is 7.95. The molecule has 8 nitrogen and oxygen atoms in total. The first kappa shape index (κ1) is 21.4. The topological polar surface area (TPSA) is 88.8 Å². The summed E-state index contributed by atoms with van der Waals surface area (Å²) in [4.78, 5) is 34.9. The monoisotopic (exact) mass is 486 g/mol. The summed E-state index contributed by atoms with van der Waals surface area (Å²) >= 11 is 6.16. The summed E-state index contributed by atoms with van der Waals surface area (Å²) in [6.45, 7) is 0.682. The lowest BCUT2D eigenvalue weighted by atomic mass is 9.91. The molecule has 0 spiro atoms. The molecule has 1 unspecified atom stereocenters. The summed E-state index contributed by atoms with van der Waals surface area (Å²) in [6.07, 6.45) is 3.23. The Hall–Kier alpha value is -4.17. The van der Waals surface area contributed by atoms with Gasteiger partial charge in [0.05, 0.1) is 12.7 Å². The van der Waals surface area contributed by atoms with Crippen molar-refractivity contribution in [2.75, 3.05) is 20.2 Å². The molecule has 2 aliphatic heterocycles. The van der Waals surface area contributed by atoms with Gasteiger partial charge in [0.15, 0.2) is 5.66 Å². The molecule has 4 aromatic rings. The highest BCUT2D eigenvalue weighted by Gasteiger charge is 2.60. The second-order valence-corrected chi connectivity index (χ2v) is 8.76. The molecule has 2 amide bonds. The van der Waals surface area contributed by atoms with E-state index in [1.54, 1.807) is 53.6 Å². The zero-order valence-corrected chi connectivity index (χ0v) is 19.4. The lowest BCUT2D eigenvalue weighted by Gasteiger charge is -2.39. The first-order valence-electron chi connectivity index (χ1n) is 11.0. The minimum atomic E-state index is -1.16. The first-order chi connectivity index (χ1) is 17.0. The molecular weight excluding hydrogens is 468 g/mol. The number of pyridine rings is 1. The molecule has 6 rings (SSSR count). The average Bonchev–Trinajstić information content (AvgIpc) is 3.60. The molecule has 0 radical (unpaired) electrons. The maximum Gasteiger partial charge on any atom is 0.294 e. The number of carbonyl (C=O) groups excluding carboxylic acids is 2. The van der Waals surface area contributed by atoms with Crippen molar-refractivity contribution >= 4 is 23.4 Å². The molecule has 9 heteroatoms. The van der Waals surface area contributed by atoms with Crippen molar-refractivity contribution in [3.05, 3.63) is 101 Å². The van der Waals surface area contributed by atoms with Crippen LogP contribution in [0.4, 0.5) is 0 Å². The highest BCUT2D eigenvalue weighted by Crippen LogP contribution is 2.50. The van der Waals surface area contributed by atoms with Crippen LogP contribution >= 0.6 is 11.6 Å². The van der Waals surface area contributed by atoms with Crippen LogP contribution in [0.1, 0.15) is 32.0 Å². The van der Waals surface area contributed by atoms with E-state index in [2.05, 4.69) is 10.1 Å². The largest absolute Gasteiger partial charge is 0.497 e. The van der Waals surface area contributed by atoms with Gasteiger partial charge in [0.2, 0.25) is 5.76 Å². The molecular formula is C26H19ClN4O4. The fourth-order valence-corrected chi connectivity index (χ4v) is 5.14. The molecule has 1 atom stereocenters. The van der Waals surface area contributed by atoms with E-state index in [1.165, 1.54) is 0 Å². The fraction of sp³-hybridized carbons (Fsp3) is 0.154. The summed E-state index contributed by atoms with van der Waals surface area (Å²) in [5, 5.41) is 4.67. The van der Waals surface area contributed by atoms with Crippen molar-refractivity contribution in [2.24, 2.45) is 0 Å². The zero-order chi connectivity index (χ0) is 24.2. The number of aromatic nitrogens is 2. The number of halogens is 1. The smallest absolute Gasteiger partial charge is 0.294 e. The summed E-state index contributed by atoms with van der Waals surface area (Å²) in [5.41, 5.74) is 2.06. The van der Waals surface area contributed by atoms with Crippen LogP contribution in [-0.2, 0) is 5.66 Å². The Morgan fingerprint density at radius 2 is 1.86 bits per heavy atom. The van der Waals surface area contributed by atoms with Gasteiger partial charge in [-0.1, -0.05) is 28.9 Å². The molecule has 4 heterocycles. The molecule has 0 bridgehead atoms. The van der Waals surface area contributed by atoms with E-state index in [0.717, 1.165) is 11.1 Å². The van der Waals surface area contributed by atoms with Gasteiger partial charge in [-0.25, -0.2) is 0 Å². The Labute approximate surface area is 205 Å². The molecule has 1 saturated heterocycles. The Balaban J connectivity index is 1.45. The van der Waals surface area contributed by atoms with Gasteiger partial charge >= 0.3 is 0 Å². The minimum absolute atomic E-state index is 0.0794. The van der Waals surface area contributed by atoms with Crippen molar-refractivity contribution in [1.82, 2.24) is 19.9 Å². The quantitative estimate of drug-likeness (QED) is 0.429. The van der Waals surface area contributed by atoms with Gasteiger partial charge in [0.25, 0.3) is 11.8 Å². The maximum atomic E-state index is 13.9. The predicted octanol–water partition coefficient (Wildman–Crippen LogP) is 4.21. The summed E-state index contributed by atoms with van der Waals surface area (Å²) in [5.74, 6) is 0.271. The number of methoxy groups -OCH3 is 1. The van der Waals surface area contributed by atoms with Crippen molar-refractivity contribution in [2.45, 2.75) is 5.66 Å². The van der Waals surface area contributed by atoms with Crippen molar-refractivity contribution < 1.29 is 18.8 Å². The number of ether oxygens (including phenoxy) is 1. The van der Waals surface area contributed by atoms with Crippen LogP contribution in [0.25, 0.3) is 11.3 Å². The highest BCUT2D eigenvalue weighted by molar-refractivity contribution is 6.30. The maximum absolute atomic E-state index is 13.9. The molecule has 2 aromatic carbocycles. The van der Waals surface area contributed by atoms with Crippen LogP contribution in [0.3, 0.4) is 0 Å². The van der Waals surface area contributed by atoms with E-state index in [4.69, 9.17) is 20.9 Å². The highest BCUT2D eigenvalue weighted by atomic mass is 35.5. The van der Waals surface area contributed by atoms with Gasteiger partial charge in [-0.15, -0.1) is 0 Å². The lowest BCUT2D eigenvalue weighted by Crippen LogP contribution is -2.51. The number of fused-ring (bicyclic) bond motifs is 3. The number of rotatable bonds is 4. The van der Waals surface area contributed by atoms with Crippen LogP contribution in [0.5, 0.6) is 5.75 Å². The van der Waals surface area contributed by atoms with Crippen LogP contribution in [0.15, 0.2) is 77.6 Å². The average molecular weight is 487 g/mol.